The molecule has 3 unspecified atom stereocenters. The molecule has 0 aromatic heterocycles. The van der Waals surface area contributed by atoms with Crippen LogP contribution in [0.4, 0.5) is 8.78 Å². The lowest BCUT2D eigenvalue weighted by molar-refractivity contribution is 0.0394. The molecule has 1 fully saturated rings. The second-order valence-corrected chi connectivity index (χ2v) is 4.25. The van der Waals surface area contributed by atoms with Gasteiger partial charge in [-0.15, -0.1) is 0 Å². The van der Waals surface area contributed by atoms with Crippen molar-refractivity contribution in [3.63, 3.8) is 0 Å². The lowest BCUT2D eigenvalue weighted by Gasteiger charge is -2.20. The highest BCUT2D eigenvalue weighted by Gasteiger charge is 2.29. The van der Waals surface area contributed by atoms with Crippen molar-refractivity contribution >= 4 is 0 Å². The van der Waals surface area contributed by atoms with E-state index in [0.29, 0.717) is 5.56 Å². The van der Waals surface area contributed by atoms with Crippen LogP contribution in [0.5, 0.6) is 0 Å². The van der Waals surface area contributed by atoms with Crippen LogP contribution >= 0.6 is 0 Å². The molecule has 0 radical (unpaired) electrons. The van der Waals surface area contributed by atoms with Crippen LogP contribution in [0.15, 0.2) is 18.2 Å². The molecule has 1 saturated heterocycles. The minimum atomic E-state index is -0.601. The Kier molecular flexibility index (Phi) is 3.21. The largest absolute Gasteiger partial charge is 0.373 e. The Balaban J connectivity index is 2.17. The molecule has 1 aliphatic heterocycles. The highest BCUT2D eigenvalue weighted by molar-refractivity contribution is 5.23. The number of ether oxygens (including phenoxy) is 1. The Hall–Kier alpha value is -1.00. The number of halogens is 2. The van der Waals surface area contributed by atoms with Crippen molar-refractivity contribution in [1.82, 2.24) is 0 Å². The molecular formula is C12H15F2NO. The maximum absolute atomic E-state index is 13.5. The molecule has 1 aliphatic rings. The Morgan fingerprint density at radius 3 is 2.69 bits per heavy atom. The van der Waals surface area contributed by atoms with Crippen molar-refractivity contribution in [3.05, 3.63) is 35.4 Å². The van der Waals surface area contributed by atoms with E-state index in [9.17, 15) is 8.78 Å². The summed E-state index contributed by atoms with van der Waals surface area (Å²) in [7, 11) is 0. The monoisotopic (exact) mass is 227 g/mol. The first kappa shape index (κ1) is 11.5. The van der Waals surface area contributed by atoms with E-state index >= 15 is 0 Å². The lowest BCUT2D eigenvalue weighted by Crippen LogP contribution is -2.27. The molecule has 1 aromatic carbocycles. The van der Waals surface area contributed by atoms with Crippen LogP contribution in [-0.4, -0.2) is 12.2 Å². The van der Waals surface area contributed by atoms with E-state index < -0.39 is 17.7 Å². The van der Waals surface area contributed by atoms with Gasteiger partial charge >= 0.3 is 0 Å². The van der Waals surface area contributed by atoms with Gasteiger partial charge in [0, 0.05) is 11.6 Å². The standard InChI is InChI=1S/C12H15F2NO/c1-7-2-5-11(16-7)12(15)9-4-3-8(13)6-10(9)14/h3-4,6-7,11-12H,2,5,15H2,1H3. The smallest absolute Gasteiger partial charge is 0.130 e. The van der Waals surface area contributed by atoms with Crippen molar-refractivity contribution in [2.75, 3.05) is 0 Å². The second-order valence-electron chi connectivity index (χ2n) is 4.25. The number of hydrogen-bond donors (Lipinski definition) is 1. The molecule has 2 rings (SSSR count). The third-order valence-corrected chi connectivity index (χ3v) is 2.99. The Bertz CT molecular complexity index is 383. The molecule has 3 atom stereocenters. The van der Waals surface area contributed by atoms with Crippen molar-refractivity contribution < 1.29 is 13.5 Å². The molecule has 88 valence electrons. The highest BCUT2D eigenvalue weighted by Crippen LogP contribution is 2.29. The third kappa shape index (κ3) is 2.23. The highest BCUT2D eigenvalue weighted by atomic mass is 19.1. The quantitative estimate of drug-likeness (QED) is 0.842. The topological polar surface area (TPSA) is 35.2 Å². The summed E-state index contributed by atoms with van der Waals surface area (Å²) in [5, 5.41) is 0. The van der Waals surface area contributed by atoms with Gasteiger partial charge in [-0.3, -0.25) is 0 Å². The molecule has 4 heteroatoms. The molecule has 16 heavy (non-hydrogen) atoms. The zero-order valence-electron chi connectivity index (χ0n) is 9.12. The molecule has 0 spiro atoms. The molecule has 0 amide bonds. The summed E-state index contributed by atoms with van der Waals surface area (Å²) in [6.07, 6.45) is 1.75. The molecule has 2 N–H and O–H groups in total. The first-order valence-corrected chi connectivity index (χ1v) is 5.44. The zero-order valence-corrected chi connectivity index (χ0v) is 9.12. The Labute approximate surface area is 93.4 Å². The molecule has 1 aromatic rings. The van der Waals surface area contributed by atoms with Gasteiger partial charge in [-0.25, -0.2) is 8.78 Å². The predicted octanol–water partition coefficient (Wildman–Crippen LogP) is 2.53. The fourth-order valence-corrected chi connectivity index (χ4v) is 2.07. The second kappa shape index (κ2) is 4.47. The summed E-state index contributed by atoms with van der Waals surface area (Å²) in [6.45, 7) is 1.97. The van der Waals surface area contributed by atoms with Crippen LogP contribution in [0.2, 0.25) is 0 Å². The van der Waals surface area contributed by atoms with Gasteiger partial charge in [-0.2, -0.15) is 0 Å². The van der Waals surface area contributed by atoms with E-state index in [1.165, 1.54) is 12.1 Å². The zero-order chi connectivity index (χ0) is 11.7. The van der Waals surface area contributed by atoms with Gasteiger partial charge in [-0.05, 0) is 25.8 Å². The van der Waals surface area contributed by atoms with Gasteiger partial charge in [0.25, 0.3) is 0 Å². The maximum Gasteiger partial charge on any atom is 0.130 e. The number of rotatable bonds is 2. The van der Waals surface area contributed by atoms with Gasteiger partial charge in [0.1, 0.15) is 11.6 Å². The Morgan fingerprint density at radius 1 is 1.38 bits per heavy atom. The first-order chi connectivity index (χ1) is 7.58. The minimum absolute atomic E-state index is 0.166. The SMILES string of the molecule is CC1CCC(C(N)c2ccc(F)cc2F)O1. The van der Waals surface area contributed by atoms with Gasteiger partial charge in [-0.1, -0.05) is 6.07 Å². The maximum atomic E-state index is 13.5. The fourth-order valence-electron chi connectivity index (χ4n) is 2.07. The summed E-state index contributed by atoms with van der Waals surface area (Å²) in [5.41, 5.74) is 6.25. The van der Waals surface area contributed by atoms with E-state index in [4.69, 9.17) is 10.5 Å². The molecule has 1 heterocycles. The molecule has 2 nitrogen and oxygen atoms in total. The van der Waals surface area contributed by atoms with Gasteiger partial charge in [0.15, 0.2) is 0 Å². The fraction of sp³-hybridized carbons (Fsp3) is 0.500. The lowest BCUT2D eigenvalue weighted by atomic mass is 9.99. The van der Waals surface area contributed by atoms with Crippen LogP contribution in [0.1, 0.15) is 31.4 Å². The van der Waals surface area contributed by atoms with E-state index in [0.717, 1.165) is 18.9 Å². The summed E-state index contributed by atoms with van der Waals surface area (Å²) in [4.78, 5) is 0. The van der Waals surface area contributed by atoms with E-state index in [1.807, 2.05) is 6.92 Å². The summed E-state index contributed by atoms with van der Waals surface area (Å²) >= 11 is 0. The summed E-state index contributed by atoms with van der Waals surface area (Å²) in [5.74, 6) is -1.19. The van der Waals surface area contributed by atoms with Gasteiger partial charge < -0.3 is 10.5 Å². The Morgan fingerprint density at radius 2 is 2.12 bits per heavy atom. The third-order valence-electron chi connectivity index (χ3n) is 2.99. The van der Waals surface area contributed by atoms with E-state index in [-0.39, 0.29) is 12.2 Å². The first-order valence-electron chi connectivity index (χ1n) is 5.44. The van der Waals surface area contributed by atoms with E-state index in [1.54, 1.807) is 0 Å². The number of benzene rings is 1. The minimum Gasteiger partial charge on any atom is -0.373 e. The number of hydrogen-bond acceptors (Lipinski definition) is 2. The molecule has 0 saturated carbocycles. The van der Waals surface area contributed by atoms with Crippen LogP contribution < -0.4 is 5.73 Å². The molecule has 0 bridgehead atoms. The van der Waals surface area contributed by atoms with Crippen molar-refractivity contribution in [2.24, 2.45) is 5.73 Å². The van der Waals surface area contributed by atoms with Crippen LogP contribution in [0, 0.1) is 11.6 Å². The number of nitrogens with two attached hydrogens (primary N) is 1. The average molecular weight is 227 g/mol. The molecular weight excluding hydrogens is 212 g/mol. The van der Waals surface area contributed by atoms with Crippen molar-refractivity contribution in [1.29, 1.82) is 0 Å². The van der Waals surface area contributed by atoms with Gasteiger partial charge in [0.2, 0.25) is 0 Å². The molecule has 0 aliphatic carbocycles. The van der Waals surface area contributed by atoms with Crippen LogP contribution in [0.3, 0.4) is 0 Å². The average Bonchev–Trinajstić information content (AvgIpc) is 2.64. The van der Waals surface area contributed by atoms with E-state index in [2.05, 4.69) is 0 Å². The van der Waals surface area contributed by atoms with Crippen LogP contribution in [-0.2, 0) is 4.74 Å². The van der Waals surface area contributed by atoms with Crippen molar-refractivity contribution in [2.45, 2.75) is 38.0 Å². The summed E-state index contributed by atoms with van der Waals surface area (Å²) in [6, 6.07) is 2.94. The van der Waals surface area contributed by atoms with Gasteiger partial charge in [0.05, 0.1) is 18.2 Å². The summed E-state index contributed by atoms with van der Waals surface area (Å²) < 4.78 is 31.8. The normalized spacial score (nSPS) is 27.0. The van der Waals surface area contributed by atoms with Crippen molar-refractivity contribution in [3.8, 4) is 0 Å². The predicted molar refractivity (Wildman–Crippen MR) is 56.9 cm³/mol. The van der Waals surface area contributed by atoms with Crippen LogP contribution in [0.25, 0.3) is 0 Å².